The van der Waals surface area contributed by atoms with E-state index in [9.17, 15) is 18.9 Å². The molecule has 0 heterocycles. The second kappa shape index (κ2) is 6.19. The van der Waals surface area contributed by atoms with Crippen LogP contribution in [0.1, 0.15) is 5.56 Å². The maximum atomic E-state index is 10.5. The molecule has 0 aliphatic rings. The fourth-order valence-electron chi connectivity index (χ4n) is 0.966. The molecular formula is C7H7N2NaO4S-. The molecule has 77 valence electrons. The van der Waals surface area contributed by atoms with E-state index >= 15 is 0 Å². The van der Waals surface area contributed by atoms with Crippen molar-refractivity contribution >= 4 is 52.2 Å². The van der Waals surface area contributed by atoms with Crippen LogP contribution in [0.4, 0.5) is 11.4 Å². The second-order valence-electron chi connectivity index (χ2n) is 2.60. The average Bonchev–Trinajstić information content (AvgIpc) is 2.07. The summed E-state index contributed by atoms with van der Waals surface area (Å²) < 4.78 is 22.5. The molecule has 0 aliphatic heterocycles. The zero-order valence-electron chi connectivity index (χ0n) is 8.22. The summed E-state index contributed by atoms with van der Waals surface area (Å²) in [5, 5.41) is 10.5. The number of nitro groups is 1. The molecule has 0 spiro atoms. The molecule has 1 atom stereocenters. The van der Waals surface area contributed by atoms with E-state index in [0.29, 0.717) is 5.56 Å². The van der Waals surface area contributed by atoms with Crippen LogP contribution in [0.5, 0.6) is 0 Å². The van der Waals surface area contributed by atoms with Crippen molar-refractivity contribution in [1.82, 2.24) is 0 Å². The van der Waals surface area contributed by atoms with Crippen molar-refractivity contribution in [3.05, 3.63) is 33.9 Å². The molecule has 15 heavy (non-hydrogen) atoms. The average molecular weight is 238 g/mol. The smallest absolute Gasteiger partial charge is 0.274 e. The van der Waals surface area contributed by atoms with Crippen molar-refractivity contribution in [2.45, 2.75) is 6.92 Å². The van der Waals surface area contributed by atoms with E-state index in [2.05, 4.69) is 0 Å². The largest absolute Gasteiger partial charge is 0.755 e. The third kappa shape index (κ3) is 4.27. The molecule has 1 aromatic carbocycles. The fourth-order valence-corrected chi connectivity index (χ4v) is 1.29. The molecule has 0 saturated carbocycles. The van der Waals surface area contributed by atoms with Crippen LogP contribution in [0.15, 0.2) is 18.2 Å². The third-order valence-electron chi connectivity index (χ3n) is 1.61. The Kier molecular flexibility index (Phi) is 5.99. The van der Waals surface area contributed by atoms with Crippen molar-refractivity contribution in [2.24, 2.45) is 0 Å². The van der Waals surface area contributed by atoms with E-state index in [0.717, 1.165) is 0 Å². The minimum atomic E-state index is -2.47. The van der Waals surface area contributed by atoms with Crippen LogP contribution in [-0.2, 0) is 11.3 Å². The normalized spacial score (nSPS) is 11.3. The van der Waals surface area contributed by atoms with Crippen molar-refractivity contribution in [3.63, 3.8) is 0 Å². The number of rotatable bonds is 3. The minimum absolute atomic E-state index is 0. The number of benzene rings is 1. The summed E-state index contributed by atoms with van der Waals surface area (Å²) in [7, 11) is 0. The quantitative estimate of drug-likeness (QED) is 0.363. The van der Waals surface area contributed by atoms with Gasteiger partial charge in [-0.05, 0) is 13.0 Å². The van der Waals surface area contributed by atoms with Crippen LogP contribution >= 0.6 is 0 Å². The Labute approximate surface area is 111 Å². The SMILES string of the molecule is Cc1ccc(NS(=O)[O-])cc1[N+](=O)[O-].[Na]. The molecule has 8 heteroatoms. The van der Waals surface area contributed by atoms with Gasteiger partial charge >= 0.3 is 0 Å². The molecule has 1 rings (SSSR count). The summed E-state index contributed by atoms with van der Waals surface area (Å²) in [5.74, 6) is 0. The van der Waals surface area contributed by atoms with E-state index in [-0.39, 0.29) is 40.9 Å². The Morgan fingerprint density at radius 3 is 2.53 bits per heavy atom. The summed E-state index contributed by atoms with van der Waals surface area (Å²) >= 11 is -2.47. The standard InChI is InChI=1S/C7H8N2O4S.Na/c1-5-2-3-6(8-14(12)13)4-7(5)9(10)11;/h2-4,8H,1H3,(H,12,13);/p-1. The van der Waals surface area contributed by atoms with Gasteiger partial charge in [0.1, 0.15) is 0 Å². The first-order chi connectivity index (χ1) is 6.50. The number of nitrogens with zero attached hydrogens (tertiary/aromatic N) is 1. The zero-order chi connectivity index (χ0) is 10.7. The Hall–Kier alpha value is -0.470. The molecule has 0 bridgehead atoms. The molecule has 1 unspecified atom stereocenters. The van der Waals surface area contributed by atoms with Crippen LogP contribution in [0.3, 0.4) is 0 Å². The summed E-state index contributed by atoms with van der Waals surface area (Å²) in [6, 6.07) is 4.11. The third-order valence-corrected chi connectivity index (χ3v) is 2.01. The molecule has 0 fully saturated rings. The first-order valence-electron chi connectivity index (χ1n) is 3.61. The van der Waals surface area contributed by atoms with Crippen molar-refractivity contribution in [3.8, 4) is 0 Å². The molecule has 1 N–H and O–H groups in total. The fraction of sp³-hybridized carbons (Fsp3) is 0.143. The second-order valence-corrected chi connectivity index (χ2v) is 3.27. The summed E-state index contributed by atoms with van der Waals surface area (Å²) in [5.41, 5.74) is 0.549. The maximum Gasteiger partial charge on any atom is 0.274 e. The number of hydrogen-bond donors (Lipinski definition) is 1. The Bertz CT molecular complexity index is 399. The van der Waals surface area contributed by atoms with Gasteiger partial charge in [0, 0.05) is 52.5 Å². The zero-order valence-corrected chi connectivity index (χ0v) is 11.0. The first kappa shape index (κ1) is 14.5. The number of nitro benzene ring substituents is 1. The Morgan fingerprint density at radius 1 is 1.47 bits per heavy atom. The minimum Gasteiger partial charge on any atom is -0.755 e. The van der Waals surface area contributed by atoms with Crippen LogP contribution in [0, 0.1) is 17.0 Å². The molecule has 0 aliphatic carbocycles. The number of aryl methyl sites for hydroxylation is 1. The molecule has 0 aromatic heterocycles. The van der Waals surface area contributed by atoms with Crippen LogP contribution < -0.4 is 4.72 Å². The maximum absolute atomic E-state index is 10.5. The van der Waals surface area contributed by atoms with E-state index in [1.807, 2.05) is 4.72 Å². The van der Waals surface area contributed by atoms with Gasteiger partial charge in [-0.15, -0.1) is 0 Å². The van der Waals surface area contributed by atoms with E-state index < -0.39 is 16.2 Å². The van der Waals surface area contributed by atoms with Gasteiger partial charge in [0.15, 0.2) is 0 Å². The van der Waals surface area contributed by atoms with E-state index in [1.165, 1.54) is 18.2 Å². The summed E-state index contributed by atoms with van der Waals surface area (Å²) in [4.78, 5) is 9.92. The number of hydrogen-bond acceptors (Lipinski definition) is 4. The van der Waals surface area contributed by atoms with Gasteiger partial charge in [0.05, 0.1) is 10.6 Å². The van der Waals surface area contributed by atoms with Gasteiger partial charge in [0.25, 0.3) is 5.69 Å². The summed E-state index contributed by atoms with van der Waals surface area (Å²) in [6.07, 6.45) is 0. The summed E-state index contributed by atoms with van der Waals surface area (Å²) in [6.45, 7) is 1.58. The molecule has 1 aromatic rings. The molecule has 6 nitrogen and oxygen atoms in total. The number of anilines is 1. The Morgan fingerprint density at radius 2 is 2.07 bits per heavy atom. The predicted molar refractivity (Wildman–Crippen MR) is 56.1 cm³/mol. The first-order valence-corrected chi connectivity index (χ1v) is 4.69. The molecular weight excluding hydrogens is 231 g/mol. The van der Waals surface area contributed by atoms with Gasteiger partial charge in [-0.2, -0.15) is 0 Å². The van der Waals surface area contributed by atoms with Crippen molar-refractivity contribution in [2.75, 3.05) is 4.72 Å². The molecule has 1 radical (unpaired) electrons. The van der Waals surface area contributed by atoms with Gasteiger partial charge < -0.3 is 9.27 Å². The van der Waals surface area contributed by atoms with Gasteiger partial charge in [-0.25, -0.2) is 0 Å². The molecule has 0 saturated heterocycles. The van der Waals surface area contributed by atoms with Gasteiger partial charge in [-0.3, -0.25) is 14.3 Å². The Balaban J connectivity index is 0.00000196. The van der Waals surface area contributed by atoms with Crippen LogP contribution in [0.25, 0.3) is 0 Å². The number of nitrogens with one attached hydrogen (secondary N) is 1. The van der Waals surface area contributed by atoms with Crippen molar-refractivity contribution < 1.29 is 13.7 Å². The van der Waals surface area contributed by atoms with E-state index in [4.69, 9.17) is 0 Å². The van der Waals surface area contributed by atoms with Gasteiger partial charge in [0.2, 0.25) is 0 Å². The predicted octanol–water partition coefficient (Wildman–Crippen LogP) is 0.728. The monoisotopic (exact) mass is 238 g/mol. The molecule has 0 amide bonds. The van der Waals surface area contributed by atoms with Gasteiger partial charge in [-0.1, -0.05) is 6.07 Å². The van der Waals surface area contributed by atoms with Crippen LogP contribution in [0.2, 0.25) is 0 Å². The van der Waals surface area contributed by atoms with Crippen molar-refractivity contribution in [1.29, 1.82) is 0 Å². The topological polar surface area (TPSA) is 95.3 Å². The van der Waals surface area contributed by atoms with E-state index in [1.54, 1.807) is 6.92 Å². The van der Waals surface area contributed by atoms with Crippen LogP contribution in [-0.4, -0.2) is 43.2 Å².